The molecule has 2 aliphatic rings. The Bertz CT molecular complexity index is 404. The van der Waals surface area contributed by atoms with Crippen molar-refractivity contribution >= 4 is 17.8 Å². The third kappa shape index (κ3) is 2.19. The van der Waals surface area contributed by atoms with Crippen LogP contribution in [0, 0.1) is 0 Å². The number of amides is 4. The van der Waals surface area contributed by atoms with Gasteiger partial charge >= 0.3 is 6.03 Å². The average molecular weight is 267 g/mol. The minimum Gasteiger partial charge on any atom is -0.354 e. The highest BCUT2D eigenvalue weighted by Crippen LogP contribution is 2.32. The second kappa shape index (κ2) is 5.19. The fourth-order valence-electron chi connectivity index (χ4n) is 3.01. The number of urea groups is 1. The van der Waals surface area contributed by atoms with Gasteiger partial charge in [0.05, 0.1) is 0 Å². The lowest BCUT2D eigenvalue weighted by molar-refractivity contribution is -0.140. The maximum absolute atomic E-state index is 12.2. The van der Waals surface area contributed by atoms with Gasteiger partial charge in [-0.25, -0.2) is 4.79 Å². The van der Waals surface area contributed by atoms with Gasteiger partial charge in [-0.1, -0.05) is 19.3 Å². The molecule has 106 valence electrons. The molecule has 2 rings (SSSR count). The van der Waals surface area contributed by atoms with Crippen LogP contribution >= 0.6 is 0 Å². The Kier molecular flexibility index (Phi) is 3.78. The Morgan fingerprint density at radius 1 is 1.37 bits per heavy atom. The molecule has 6 heteroatoms. The highest BCUT2D eigenvalue weighted by molar-refractivity contribution is 6.19. The first-order valence-electron chi connectivity index (χ1n) is 6.94. The molecule has 6 nitrogen and oxygen atoms in total. The zero-order valence-corrected chi connectivity index (χ0v) is 11.5. The Balaban J connectivity index is 2.28. The van der Waals surface area contributed by atoms with E-state index in [0.717, 1.165) is 32.1 Å². The van der Waals surface area contributed by atoms with Crippen molar-refractivity contribution in [2.75, 3.05) is 6.54 Å². The number of likely N-dealkylation sites (N-methyl/N-ethyl adjacent to an activating group) is 1. The topological polar surface area (TPSA) is 78.5 Å². The molecule has 19 heavy (non-hydrogen) atoms. The minimum absolute atomic E-state index is 0.0205. The molecule has 0 bridgehead atoms. The number of hydrogen-bond donors (Lipinski definition) is 2. The summed E-state index contributed by atoms with van der Waals surface area (Å²) in [4.78, 5) is 37.7. The fraction of sp³-hybridized carbons (Fsp3) is 0.769. The predicted octanol–water partition coefficient (Wildman–Crippen LogP) is 0.766. The summed E-state index contributed by atoms with van der Waals surface area (Å²) in [5, 5.41) is 4.94. The lowest BCUT2D eigenvalue weighted by Crippen LogP contribution is -2.61. The zero-order valence-electron chi connectivity index (χ0n) is 11.5. The molecule has 1 unspecified atom stereocenters. The summed E-state index contributed by atoms with van der Waals surface area (Å²) in [5.41, 5.74) is -1.41. The quantitative estimate of drug-likeness (QED) is 0.585. The van der Waals surface area contributed by atoms with Gasteiger partial charge in [0, 0.05) is 12.6 Å². The first-order valence-corrected chi connectivity index (χ1v) is 6.94. The van der Waals surface area contributed by atoms with Crippen molar-refractivity contribution in [3.63, 3.8) is 0 Å². The van der Waals surface area contributed by atoms with Crippen LogP contribution in [-0.2, 0) is 9.59 Å². The molecule has 4 amide bonds. The summed E-state index contributed by atoms with van der Waals surface area (Å²) in [6.45, 7) is 3.77. The van der Waals surface area contributed by atoms with Gasteiger partial charge < -0.3 is 5.32 Å². The van der Waals surface area contributed by atoms with Gasteiger partial charge in [-0.2, -0.15) is 0 Å². The molecule has 0 aromatic rings. The van der Waals surface area contributed by atoms with E-state index in [0.29, 0.717) is 6.54 Å². The molecule has 0 spiro atoms. The van der Waals surface area contributed by atoms with E-state index in [4.69, 9.17) is 0 Å². The third-order valence-electron chi connectivity index (χ3n) is 4.08. The number of carbonyl (C=O) groups is 3. The fourth-order valence-corrected chi connectivity index (χ4v) is 3.01. The molecule has 0 radical (unpaired) electrons. The summed E-state index contributed by atoms with van der Waals surface area (Å²) >= 11 is 0. The van der Waals surface area contributed by atoms with E-state index in [1.807, 2.05) is 0 Å². The van der Waals surface area contributed by atoms with E-state index in [-0.39, 0.29) is 6.04 Å². The summed E-state index contributed by atoms with van der Waals surface area (Å²) in [6, 6.07) is -0.460. The number of imide groups is 1. The minimum atomic E-state index is -1.41. The van der Waals surface area contributed by atoms with E-state index in [9.17, 15) is 14.4 Å². The summed E-state index contributed by atoms with van der Waals surface area (Å²) in [5.74, 6) is -0.919. The van der Waals surface area contributed by atoms with Crippen molar-refractivity contribution in [2.45, 2.75) is 57.5 Å². The number of carbonyl (C=O) groups excluding carboxylic acids is 3. The molecular weight excluding hydrogens is 246 g/mol. The lowest BCUT2D eigenvalue weighted by atomic mass is 9.89. The molecule has 0 aromatic heterocycles. The number of hydrogen-bond acceptors (Lipinski definition) is 3. The van der Waals surface area contributed by atoms with E-state index >= 15 is 0 Å². The van der Waals surface area contributed by atoms with Crippen LogP contribution in [0.2, 0.25) is 0 Å². The molecule has 2 N–H and O–H groups in total. The highest BCUT2D eigenvalue weighted by Gasteiger charge is 2.56. The Labute approximate surface area is 112 Å². The smallest absolute Gasteiger partial charge is 0.325 e. The normalized spacial score (nSPS) is 28.4. The molecule has 1 saturated carbocycles. The maximum atomic E-state index is 12.2. The van der Waals surface area contributed by atoms with E-state index in [1.54, 1.807) is 6.92 Å². The van der Waals surface area contributed by atoms with Crippen LogP contribution in [0.1, 0.15) is 46.0 Å². The lowest BCUT2D eigenvalue weighted by Gasteiger charge is -2.38. The molecule has 1 aliphatic carbocycles. The summed E-state index contributed by atoms with van der Waals surface area (Å²) in [6.07, 6.45) is 4.94. The Morgan fingerprint density at radius 3 is 2.58 bits per heavy atom. The van der Waals surface area contributed by atoms with Gasteiger partial charge in [0.2, 0.25) is 0 Å². The van der Waals surface area contributed by atoms with Crippen LogP contribution in [0.5, 0.6) is 0 Å². The number of nitrogens with zero attached hydrogens (tertiary/aromatic N) is 1. The molecule has 1 aliphatic heterocycles. The van der Waals surface area contributed by atoms with Crippen molar-refractivity contribution in [1.82, 2.24) is 15.5 Å². The third-order valence-corrected chi connectivity index (χ3v) is 4.08. The zero-order chi connectivity index (χ0) is 14.0. The SMILES string of the molecule is CCNC(=O)C1(C)C(=O)NC(=O)N1C1CCCCC1. The molecule has 1 atom stereocenters. The van der Waals surface area contributed by atoms with Crippen LogP contribution in [0.25, 0.3) is 0 Å². The van der Waals surface area contributed by atoms with Gasteiger partial charge in [-0.05, 0) is 26.7 Å². The van der Waals surface area contributed by atoms with Gasteiger partial charge in [0.15, 0.2) is 5.54 Å². The average Bonchev–Trinajstić information content (AvgIpc) is 2.62. The molecule has 1 heterocycles. The highest BCUT2D eigenvalue weighted by atomic mass is 16.2. The van der Waals surface area contributed by atoms with Crippen molar-refractivity contribution in [3.8, 4) is 0 Å². The Morgan fingerprint density at radius 2 is 2.00 bits per heavy atom. The maximum Gasteiger partial charge on any atom is 0.325 e. The summed E-state index contributed by atoms with van der Waals surface area (Å²) in [7, 11) is 0. The molecule has 0 aromatic carbocycles. The van der Waals surface area contributed by atoms with E-state index in [2.05, 4.69) is 10.6 Å². The van der Waals surface area contributed by atoms with Crippen molar-refractivity contribution in [3.05, 3.63) is 0 Å². The first-order chi connectivity index (χ1) is 9.01. The number of rotatable bonds is 3. The van der Waals surface area contributed by atoms with Gasteiger partial charge in [0.25, 0.3) is 11.8 Å². The van der Waals surface area contributed by atoms with Crippen LogP contribution in [0.15, 0.2) is 0 Å². The van der Waals surface area contributed by atoms with Gasteiger partial charge in [-0.3, -0.25) is 19.8 Å². The van der Waals surface area contributed by atoms with Crippen LogP contribution < -0.4 is 10.6 Å². The van der Waals surface area contributed by atoms with Crippen LogP contribution in [0.3, 0.4) is 0 Å². The monoisotopic (exact) mass is 267 g/mol. The first kappa shape index (κ1) is 13.8. The second-order valence-electron chi connectivity index (χ2n) is 5.35. The van der Waals surface area contributed by atoms with E-state index in [1.165, 1.54) is 11.8 Å². The van der Waals surface area contributed by atoms with Crippen molar-refractivity contribution in [2.24, 2.45) is 0 Å². The predicted molar refractivity (Wildman–Crippen MR) is 69.3 cm³/mol. The van der Waals surface area contributed by atoms with Crippen LogP contribution in [0.4, 0.5) is 4.79 Å². The number of nitrogens with one attached hydrogen (secondary N) is 2. The largest absolute Gasteiger partial charge is 0.354 e. The summed E-state index contributed by atoms with van der Waals surface area (Å²) < 4.78 is 0. The van der Waals surface area contributed by atoms with Crippen molar-refractivity contribution < 1.29 is 14.4 Å². The Hall–Kier alpha value is -1.59. The van der Waals surface area contributed by atoms with Crippen molar-refractivity contribution in [1.29, 1.82) is 0 Å². The second-order valence-corrected chi connectivity index (χ2v) is 5.35. The van der Waals surface area contributed by atoms with Gasteiger partial charge in [0.1, 0.15) is 0 Å². The van der Waals surface area contributed by atoms with Gasteiger partial charge in [-0.15, -0.1) is 0 Å². The molecule has 1 saturated heterocycles. The van der Waals surface area contributed by atoms with E-state index < -0.39 is 23.4 Å². The molecule has 2 fully saturated rings. The molecular formula is C13H21N3O3. The van der Waals surface area contributed by atoms with Crippen LogP contribution in [-0.4, -0.2) is 40.9 Å². The standard InChI is InChI=1S/C13H21N3O3/c1-3-14-10(17)13(2)11(18)15-12(19)16(13)9-7-5-4-6-8-9/h9H,3-8H2,1-2H3,(H,14,17)(H,15,18,19).